The van der Waals surface area contributed by atoms with Crippen LogP contribution < -0.4 is 5.73 Å². The van der Waals surface area contributed by atoms with E-state index < -0.39 is 0 Å². The zero-order valence-corrected chi connectivity index (χ0v) is 10.9. The monoisotopic (exact) mass is 219 g/mol. The van der Waals surface area contributed by atoms with Crippen molar-refractivity contribution < 1.29 is 0 Å². The molecule has 1 aromatic rings. The zero-order valence-electron chi connectivity index (χ0n) is 10.9. The Labute approximate surface area is 100 Å². The van der Waals surface area contributed by atoms with Gasteiger partial charge in [-0.25, -0.2) is 0 Å². The Morgan fingerprint density at radius 3 is 2.38 bits per heavy atom. The molecule has 0 saturated carbocycles. The molecule has 16 heavy (non-hydrogen) atoms. The molecule has 0 aromatic heterocycles. The van der Waals surface area contributed by atoms with Crippen LogP contribution in [0.5, 0.6) is 0 Å². The van der Waals surface area contributed by atoms with E-state index in [1.54, 1.807) is 0 Å². The second kappa shape index (κ2) is 6.05. The highest BCUT2D eigenvalue weighted by atomic mass is 14.7. The molecule has 1 rings (SSSR count). The molecule has 1 nitrogen and oxygen atoms in total. The van der Waals surface area contributed by atoms with Crippen molar-refractivity contribution in [3.63, 3.8) is 0 Å². The summed E-state index contributed by atoms with van der Waals surface area (Å²) in [4.78, 5) is 0. The Morgan fingerprint density at radius 1 is 1.06 bits per heavy atom. The van der Waals surface area contributed by atoms with Crippen LogP contribution >= 0.6 is 0 Å². The van der Waals surface area contributed by atoms with Crippen molar-refractivity contribution in [3.8, 4) is 0 Å². The van der Waals surface area contributed by atoms with Gasteiger partial charge in [0.1, 0.15) is 0 Å². The fourth-order valence-electron chi connectivity index (χ4n) is 2.11. The molecule has 0 fully saturated rings. The predicted molar refractivity (Wildman–Crippen MR) is 71.5 cm³/mol. The first kappa shape index (κ1) is 13.2. The number of hydrogen-bond acceptors (Lipinski definition) is 1. The highest BCUT2D eigenvalue weighted by Crippen LogP contribution is 2.22. The number of rotatable bonds is 6. The fraction of sp³-hybridized carbons (Fsp3) is 0.600. The number of hydrogen-bond donors (Lipinski definition) is 1. The maximum Gasteiger partial charge on any atom is 0.0355 e. The van der Waals surface area contributed by atoms with E-state index in [0.29, 0.717) is 0 Å². The third-order valence-electron chi connectivity index (χ3n) is 3.01. The van der Waals surface area contributed by atoms with Crippen LogP contribution in [-0.4, -0.2) is 0 Å². The van der Waals surface area contributed by atoms with Gasteiger partial charge in [0.05, 0.1) is 0 Å². The molecule has 0 aliphatic rings. The SMILES string of the molecule is CCCCCCc1ccccc1C(C)(C)N. The van der Waals surface area contributed by atoms with Gasteiger partial charge in [-0.3, -0.25) is 0 Å². The standard InChI is InChI=1S/C15H25N/c1-4-5-6-7-10-13-11-8-9-12-14(13)15(2,3)16/h8-9,11-12H,4-7,10,16H2,1-3H3. The molecule has 90 valence electrons. The highest BCUT2D eigenvalue weighted by Gasteiger charge is 2.16. The molecule has 0 atom stereocenters. The van der Waals surface area contributed by atoms with E-state index in [4.69, 9.17) is 5.73 Å². The molecular weight excluding hydrogens is 194 g/mol. The van der Waals surface area contributed by atoms with Gasteiger partial charge in [0, 0.05) is 5.54 Å². The Hall–Kier alpha value is -0.820. The summed E-state index contributed by atoms with van der Waals surface area (Å²) < 4.78 is 0. The quantitative estimate of drug-likeness (QED) is 0.719. The van der Waals surface area contributed by atoms with E-state index >= 15 is 0 Å². The summed E-state index contributed by atoms with van der Waals surface area (Å²) in [6.45, 7) is 6.41. The molecule has 0 heterocycles. The Bertz CT molecular complexity index is 309. The molecular formula is C15H25N. The number of aryl methyl sites for hydroxylation is 1. The lowest BCUT2D eigenvalue weighted by Crippen LogP contribution is -2.30. The molecule has 0 radical (unpaired) electrons. The van der Waals surface area contributed by atoms with Gasteiger partial charge in [-0.1, -0.05) is 50.5 Å². The minimum atomic E-state index is -0.221. The van der Waals surface area contributed by atoms with Crippen LogP contribution in [-0.2, 0) is 12.0 Å². The average Bonchev–Trinajstić information content (AvgIpc) is 2.24. The van der Waals surface area contributed by atoms with Crippen molar-refractivity contribution in [2.24, 2.45) is 5.73 Å². The topological polar surface area (TPSA) is 26.0 Å². The molecule has 0 bridgehead atoms. The van der Waals surface area contributed by atoms with Crippen LogP contribution in [0.2, 0.25) is 0 Å². The van der Waals surface area contributed by atoms with E-state index in [0.717, 1.165) is 6.42 Å². The molecule has 0 saturated heterocycles. The van der Waals surface area contributed by atoms with Gasteiger partial charge in [0.25, 0.3) is 0 Å². The predicted octanol–water partition coefficient (Wildman–Crippen LogP) is 4.00. The third kappa shape index (κ3) is 3.97. The third-order valence-corrected chi connectivity index (χ3v) is 3.01. The van der Waals surface area contributed by atoms with Crippen LogP contribution in [0, 0.1) is 0 Å². The van der Waals surface area contributed by atoms with Crippen LogP contribution in [0.1, 0.15) is 57.6 Å². The lowest BCUT2D eigenvalue weighted by Gasteiger charge is -2.22. The van der Waals surface area contributed by atoms with Crippen molar-refractivity contribution in [1.29, 1.82) is 0 Å². The van der Waals surface area contributed by atoms with E-state index in [1.807, 2.05) is 0 Å². The van der Waals surface area contributed by atoms with Gasteiger partial charge in [0.15, 0.2) is 0 Å². The minimum absolute atomic E-state index is 0.221. The summed E-state index contributed by atoms with van der Waals surface area (Å²) >= 11 is 0. The Kier molecular flexibility index (Phi) is 5.01. The summed E-state index contributed by atoms with van der Waals surface area (Å²) in [6, 6.07) is 8.58. The number of nitrogens with two attached hydrogens (primary N) is 1. The van der Waals surface area contributed by atoms with Gasteiger partial charge in [0.2, 0.25) is 0 Å². The summed E-state index contributed by atoms with van der Waals surface area (Å²) in [6.07, 6.45) is 6.41. The van der Waals surface area contributed by atoms with Gasteiger partial charge < -0.3 is 5.73 Å². The highest BCUT2D eigenvalue weighted by molar-refractivity contribution is 5.32. The van der Waals surface area contributed by atoms with Gasteiger partial charge in [-0.05, 0) is 37.8 Å². The van der Waals surface area contributed by atoms with Crippen molar-refractivity contribution >= 4 is 0 Å². The van der Waals surface area contributed by atoms with Crippen LogP contribution in [0.4, 0.5) is 0 Å². The van der Waals surface area contributed by atoms with E-state index in [9.17, 15) is 0 Å². The van der Waals surface area contributed by atoms with Crippen molar-refractivity contribution in [3.05, 3.63) is 35.4 Å². The Balaban J connectivity index is 2.65. The lowest BCUT2D eigenvalue weighted by atomic mass is 9.89. The first-order valence-corrected chi connectivity index (χ1v) is 6.43. The molecule has 0 amide bonds. The van der Waals surface area contributed by atoms with E-state index in [1.165, 1.54) is 36.8 Å². The van der Waals surface area contributed by atoms with Crippen molar-refractivity contribution in [2.75, 3.05) is 0 Å². The summed E-state index contributed by atoms with van der Waals surface area (Å²) in [5.74, 6) is 0. The molecule has 0 aliphatic carbocycles. The van der Waals surface area contributed by atoms with E-state index in [-0.39, 0.29) is 5.54 Å². The van der Waals surface area contributed by atoms with Crippen LogP contribution in [0.15, 0.2) is 24.3 Å². The number of unbranched alkanes of at least 4 members (excludes halogenated alkanes) is 3. The van der Waals surface area contributed by atoms with Crippen molar-refractivity contribution in [2.45, 2.75) is 58.4 Å². The summed E-state index contributed by atoms with van der Waals surface area (Å²) in [5, 5.41) is 0. The smallest absolute Gasteiger partial charge is 0.0355 e. The van der Waals surface area contributed by atoms with Crippen LogP contribution in [0.3, 0.4) is 0 Å². The minimum Gasteiger partial charge on any atom is -0.322 e. The molecule has 0 spiro atoms. The maximum absolute atomic E-state index is 6.19. The molecule has 1 heteroatoms. The molecule has 2 N–H and O–H groups in total. The maximum atomic E-state index is 6.19. The van der Waals surface area contributed by atoms with Gasteiger partial charge in [-0.2, -0.15) is 0 Å². The molecule has 0 unspecified atom stereocenters. The second-order valence-electron chi connectivity index (χ2n) is 5.19. The summed E-state index contributed by atoms with van der Waals surface area (Å²) in [7, 11) is 0. The average molecular weight is 219 g/mol. The van der Waals surface area contributed by atoms with Crippen LogP contribution in [0.25, 0.3) is 0 Å². The second-order valence-corrected chi connectivity index (χ2v) is 5.19. The zero-order chi connectivity index (χ0) is 12.0. The van der Waals surface area contributed by atoms with Crippen molar-refractivity contribution in [1.82, 2.24) is 0 Å². The Morgan fingerprint density at radius 2 is 1.75 bits per heavy atom. The molecule has 1 aromatic carbocycles. The normalized spacial score (nSPS) is 11.8. The lowest BCUT2D eigenvalue weighted by molar-refractivity contribution is 0.544. The largest absolute Gasteiger partial charge is 0.322 e. The molecule has 0 aliphatic heterocycles. The summed E-state index contributed by atoms with van der Waals surface area (Å²) in [5.41, 5.74) is 8.69. The first-order valence-electron chi connectivity index (χ1n) is 6.43. The van der Waals surface area contributed by atoms with E-state index in [2.05, 4.69) is 45.0 Å². The van der Waals surface area contributed by atoms with Gasteiger partial charge >= 0.3 is 0 Å². The van der Waals surface area contributed by atoms with Gasteiger partial charge in [-0.15, -0.1) is 0 Å². The number of benzene rings is 1. The fourth-order valence-corrected chi connectivity index (χ4v) is 2.11. The first-order chi connectivity index (χ1) is 7.55.